The summed E-state index contributed by atoms with van der Waals surface area (Å²) in [6.45, 7) is 3.42. The molecule has 2 heterocycles. The van der Waals surface area contributed by atoms with Crippen molar-refractivity contribution in [3.8, 4) is 0 Å². The third-order valence-corrected chi connectivity index (χ3v) is 4.13. The van der Waals surface area contributed by atoms with Gasteiger partial charge in [-0.1, -0.05) is 35.3 Å². The Morgan fingerprint density at radius 1 is 1.12 bits per heavy atom. The summed E-state index contributed by atoms with van der Waals surface area (Å²) in [6.07, 6.45) is 5.51. The van der Waals surface area contributed by atoms with Crippen LogP contribution in [0.15, 0.2) is 28.8 Å². The molecule has 134 valence electrons. The predicted molar refractivity (Wildman–Crippen MR) is 95.8 cm³/mol. The second kappa shape index (κ2) is 11.4. The molecular weight excluding hydrogens is 351 g/mol. The summed E-state index contributed by atoms with van der Waals surface area (Å²) < 4.78 is 5.34. The molecule has 0 atom stereocenters. The quantitative estimate of drug-likeness (QED) is 0.781. The zero-order valence-electron chi connectivity index (χ0n) is 13.5. The van der Waals surface area contributed by atoms with Gasteiger partial charge in [-0.15, -0.1) is 12.4 Å². The first kappa shape index (κ1) is 20.9. The fourth-order valence-electron chi connectivity index (χ4n) is 2.69. The van der Waals surface area contributed by atoms with E-state index in [-0.39, 0.29) is 12.4 Å². The highest BCUT2D eigenvalue weighted by Gasteiger charge is 2.12. The van der Waals surface area contributed by atoms with Crippen LogP contribution >= 0.6 is 24.0 Å². The Morgan fingerprint density at radius 3 is 2.46 bits per heavy atom. The van der Waals surface area contributed by atoms with Gasteiger partial charge in [0.05, 0.1) is 0 Å². The molecular formula is C16H24Cl2N4O2. The number of nitrogens with zero attached hydrogens (tertiary/aromatic N) is 3. The van der Waals surface area contributed by atoms with E-state index >= 15 is 0 Å². The van der Waals surface area contributed by atoms with Crippen molar-refractivity contribution < 1.29 is 9.73 Å². The lowest BCUT2D eigenvalue weighted by molar-refractivity contribution is 0.223. The summed E-state index contributed by atoms with van der Waals surface area (Å²) in [5.41, 5.74) is 1.14. The number of hydrogen-bond donors (Lipinski definition) is 2. The second-order valence-electron chi connectivity index (χ2n) is 5.56. The summed E-state index contributed by atoms with van der Waals surface area (Å²) in [6, 6.07) is 7.75. The van der Waals surface area contributed by atoms with E-state index < -0.39 is 0 Å². The van der Waals surface area contributed by atoms with Gasteiger partial charge in [-0.3, -0.25) is 0 Å². The molecule has 3 rings (SSSR count). The molecule has 2 aromatic rings. The van der Waals surface area contributed by atoms with Gasteiger partial charge in [0.2, 0.25) is 5.89 Å². The van der Waals surface area contributed by atoms with E-state index in [9.17, 15) is 0 Å². The molecule has 3 N–H and O–H groups in total. The lowest BCUT2D eigenvalue weighted by atomic mass is 10.1. The Kier molecular flexibility index (Phi) is 9.90. The van der Waals surface area contributed by atoms with Crippen LogP contribution in [0.4, 0.5) is 0 Å². The molecule has 0 bridgehead atoms. The van der Waals surface area contributed by atoms with Gasteiger partial charge in [0.15, 0.2) is 5.82 Å². The topological polar surface area (TPSA) is 88.4 Å². The summed E-state index contributed by atoms with van der Waals surface area (Å²) in [5.74, 6) is 4.98. The van der Waals surface area contributed by atoms with E-state index in [1.54, 1.807) is 0 Å². The number of benzene rings is 1. The molecule has 1 aliphatic rings. The van der Waals surface area contributed by atoms with E-state index in [0.29, 0.717) is 6.42 Å². The fraction of sp³-hybridized carbons (Fsp3) is 0.500. The van der Waals surface area contributed by atoms with Gasteiger partial charge >= 0.3 is 0 Å². The first-order chi connectivity index (χ1) is 11.3. The Bertz CT molecular complexity index is 572. The molecule has 1 aliphatic heterocycles. The monoisotopic (exact) mass is 374 g/mol. The molecule has 0 spiro atoms. The first-order valence-corrected chi connectivity index (χ1v) is 8.21. The predicted octanol–water partition coefficient (Wildman–Crippen LogP) is 3.10. The summed E-state index contributed by atoms with van der Waals surface area (Å²) in [5, 5.41) is 11.3. The van der Waals surface area contributed by atoms with Crippen LogP contribution in [-0.2, 0) is 12.8 Å². The average Bonchev–Trinajstić information content (AvgIpc) is 3.05. The zero-order chi connectivity index (χ0) is 16.5. The highest BCUT2D eigenvalue weighted by atomic mass is 35.5. The number of halogens is 2. The minimum atomic E-state index is 0. The summed E-state index contributed by atoms with van der Waals surface area (Å²) in [4.78, 5) is 6.95. The Morgan fingerprint density at radius 2 is 1.79 bits per heavy atom. The smallest absolute Gasteiger partial charge is 0.227 e. The normalized spacial score (nSPS) is 14.5. The molecule has 0 aliphatic carbocycles. The van der Waals surface area contributed by atoms with Crippen LogP contribution in [0.3, 0.4) is 0 Å². The Hall–Kier alpha value is -1.18. The van der Waals surface area contributed by atoms with Crippen molar-refractivity contribution in [2.24, 2.45) is 5.90 Å². The van der Waals surface area contributed by atoms with E-state index in [1.165, 1.54) is 32.4 Å². The molecule has 0 radical (unpaired) electrons. The molecule has 1 fully saturated rings. The molecule has 8 heteroatoms. The maximum absolute atomic E-state index is 6.50. The van der Waals surface area contributed by atoms with Crippen molar-refractivity contribution in [3.63, 3.8) is 0 Å². The van der Waals surface area contributed by atoms with Crippen molar-refractivity contribution in [2.75, 3.05) is 19.6 Å². The van der Waals surface area contributed by atoms with E-state index in [1.807, 2.05) is 24.3 Å². The molecule has 24 heavy (non-hydrogen) atoms. The number of piperidine rings is 1. The lowest BCUT2D eigenvalue weighted by Crippen LogP contribution is -2.31. The van der Waals surface area contributed by atoms with Crippen LogP contribution in [0.2, 0.25) is 5.02 Å². The standard InChI is InChI=1S/C16H20ClN3O.ClH.H3NO/c17-14-6-4-13(5-7-14)12-15-18-16(21-19-15)8-11-20-9-2-1-3-10-20;;1-2/h4-7H,1-3,8-12H2;1H;2H,1H2. The van der Waals surface area contributed by atoms with Gasteiger partial charge in [0.1, 0.15) is 0 Å². The SMILES string of the molecule is Cl.Clc1ccc(Cc2noc(CCN3CCCCC3)n2)cc1.NO. The van der Waals surface area contributed by atoms with Gasteiger partial charge in [-0.2, -0.15) is 4.98 Å². The molecule has 1 aromatic carbocycles. The molecule has 0 amide bonds. The van der Waals surface area contributed by atoms with Gasteiger partial charge in [0.25, 0.3) is 0 Å². The van der Waals surface area contributed by atoms with Crippen molar-refractivity contribution in [3.05, 3.63) is 46.6 Å². The zero-order valence-corrected chi connectivity index (χ0v) is 15.1. The fourth-order valence-corrected chi connectivity index (χ4v) is 2.81. The third kappa shape index (κ3) is 6.75. The molecule has 0 saturated carbocycles. The average molecular weight is 375 g/mol. The van der Waals surface area contributed by atoms with Crippen molar-refractivity contribution in [2.45, 2.75) is 32.1 Å². The third-order valence-electron chi connectivity index (χ3n) is 3.88. The van der Waals surface area contributed by atoms with Gasteiger partial charge in [-0.05, 0) is 43.6 Å². The Labute approximate surface area is 153 Å². The summed E-state index contributed by atoms with van der Waals surface area (Å²) >= 11 is 5.88. The number of rotatable bonds is 5. The molecule has 1 aromatic heterocycles. The molecule has 1 saturated heterocycles. The van der Waals surface area contributed by atoms with E-state index in [2.05, 4.69) is 20.9 Å². The number of hydrogen-bond acceptors (Lipinski definition) is 6. The van der Waals surface area contributed by atoms with Crippen LogP contribution in [0, 0.1) is 0 Å². The Balaban J connectivity index is 0.000000925. The van der Waals surface area contributed by atoms with Crippen molar-refractivity contribution in [1.82, 2.24) is 15.0 Å². The second-order valence-corrected chi connectivity index (χ2v) is 6.00. The number of nitrogens with two attached hydrogens (primary N) is 1. The van der Waals surface area contributed by atoms with Gasteiger partial charge in [0, 0.05) is 24.4 Å². The van der Waals surface area contributed by atoms with Crippen LogP contribution in [0.25, 0.3) is 0 Å². The minimum absolute atomic E-state index is 0. The van der Waals surface area contributed by atoms with Gasteiger partial charge < -0.3 is 14.6 Å². The van der Waals surface area contributed by atoms with Crippen LogP contribution in [0.5, 0.6) is 0 Å². The van der Waals surface area contributed by atoms with Crippen molar-refractivity contribution >= 4 is 24.0 Å². The number of aromatic nitrogens is 2. The van der Waals surface area contributed by atoms with Crippen LogP contribution in [0.1, 0.15) is 36.5 Å². The lowest BCUT2D eigenvalue weighted by Gasteiger charge is -2.25. The van der Waals surface area contributed by atoms with Crippen molar-refractivity contribution in [1.29, 1.82) is 0 Å². The first-order valence-electron chi connectivity index (χ1n) is 7.84. The van der Waals surface area contributed by atoms with Gasteiger partial charge in [-0.25, -0.2) is 5.90 Å². The number of likely N-dealkylation sites (tertiary alicyclic amines) is 1. The minimum Gasteiger partial charge on any atom is -0.339 e. The molecule has 6 nitrogen and oxygen atoms in total. The van der Waals surface area contributed by atoms with E-state index in [4.69, 9.17) is 21.3 Å². The maximum atomic E-state index is 6.50. The van der Waals surface area contributed by atoms with Crippen LogP contribution in [-0.4, -0.2) is 39.9 Å². The maximum Gasteiger partial charge on any atom is 0.227 e. The van der Waals surface area contributed by atoms with Crippen LogP contribution < -0.4 is 5.90 Å². The van der Waals surface area contributed by atoms with E-state index in [0.717, 1.165) is 35.3 Å². The molecule has 0 unspecified atom stereocenters. The summed E-state index contributed by atoms with van der Waals surface area (Å²) in [7, 11) is 0. The highest BCUT2D eigenvalue weighted by Crippen LogP contribution is 2.13. The highest BCUT2D eigenvalue weighted by molar-refractivity contribution is 6.30. The largest absolute Gasteiger partial charge is 0.339 e.